The van der Waals surface area contributed by atoms with Gasteiger partial charge in [0.15, 0.2) is 0 Å². The fourth-order valence-corrected chi connectivity index (χ4v) is 0.401. The Morgan fingerprint density at radius 3 is 2.64 bits per heavy atom. The minimum absolute atomic E-state index is 0. The van der Waals surface area contributed by atoms with Crippen LogP contribution in [0, 0.1) is 17.2 Å². The van der Waals surface area contributed by atoms with Crippen LogP contribution < -0.4 is 56.5 Å². The minimum Gasteiger partial charge on any atom is -0.853 e. The molecule has 0 amide bonds. The van der Waals surface area contributed by atoms with Gasteiger partial charge in [-0.2, -0.15) is 5.26 Å². The Bertz CT molecular complexity index is 154. The van der Waals surface area contributed by atoms with Gasteiger partial charge in [0.2, 0.25) is 0 Å². The van der Waals surface area contributed by atoms with Crippen LogP contribution in [0.3, 0.4) is 0 Å². The molecule has 0 saturated carbocycles. The van der Waals surface area contributed by atoms with Gasteiger partial charge in [0.25, 0.3) is 0 Å². The van der Waals surface area contributed by atoms with Crippen LogP contribution in [0.4, 0.5) is 0 Å². The first-order valence-electron chi connectivity index (χ1n) is 2.90. The molecular formula is C6H8KNO3. The molecule has 11 heavy (non-hydrogen) atoms. The average molecular weight is 181 g/mol. The van der Waals surface area contributed by atoms with E-state index in [0.29, 0.717) is 0 Å². The van der Waals surface area contributed by atoms with E-state index >= 15 is 0 Å². The Labute approximate surface area is 108 Å². The molecule has 0 N–H and O–H groups in total. The van der Waals surface area contributed by atoms with Crippen molar-refractivity contribution in [2.45, 2.75) is 6.92 Å². The number of carbonyl (C=O) groups excluding carboxylic acids is 1. The van der Waals surface area contributed by atoms with Crippen molar-refractivity contribution in [3.05, 3.63) is 0 Å². The Kier molecular flexibility index (Phi) is 11.1. The van der Waals surface area contributed by atoms with Crippen molar-refractivity contribution in [2.75, 3.05) is 13.2 Å². The normalized spacial score (nSPS) is 10.6. The van der Waals surface area contributed by atoms with E-state index in [9.17, 15) is 9.90 Å². The summed E-state index contributed by atoms with van der Waals surface area (Å²) in [5.41, 5.74) is 0. The smallest absolute Gasteiger partial charge is 0.853 e. The third-order valence-electron chi connectivity index (χ3n) is 0.894. The number of nitriles is 1. The number of hydrogen-bond donors (Lipinski definition) is 0. The maximum absolute atomic E-state index is 10.6. The summed E-state index contributed by atoms with van der Waals surface area (Å²) in [6.45, 7) is 1.10. The van der Waals surface area contributed by atoms with Crippen LogP contribution in [-0.2, 0) is 9.53 Å². The summed E-state index contributed by atoms with van der Waals surface area (Å²) >= 11 is 0. The third kappa shape index (κ3) is 5.79. The SMILES string of the molecule is CCOC(=O)C(C#N)C[O-].[K+]. The largest absolute Gasteiger partial charge is 1.00 e. The maximum atomic E-state index is 10.6. The number of carbonyl (C=O) groups is 1. The van der Waals surface area contributed by atoms with Gasteiger partial charge >= 0.3 is 57.4 Å². The molecule has 0 aliphatic rings. The van der Waals surface area contributed by atoms with Crippen molar-refractivity contribution < 1.29 is 66.0 Å². The molecule has 0 aliphatic heterocycles. The van der Waals surface area contributed by atoms with E-state index in [1.54, 1.807) is 13.0 Å². The van der Waals surface area contributed by atoms with Crippen LogP contribution in [0.25, 0.3) is 0 Å². The maximum Gasteiger partial charge on any atom is 1.00 e. The summed E-state index contributed by atoms with van der Waals surface area (Å²) in [5, 5.41) is 18.2. The summed E-state index contributed by atoms with van der Waals surface area (Å²) in [7, 11) is 0. The molecule has 0 aromatic heterocycles. The van der Waals surface area contributed by atoms with E-state index in [0.717, 1.165) is 0 Å². The first kappa shape index (κ1) is 14.1. The number of rotatable bonds is 3. The summed E-state index contributed by atoms with van der Waals surface area (Å²) in [6.07, 6.45) is 0. The molecule has 0 aromatic rings. The zero-order chi connectivity index (χ0) is 7.98. The van der Waals surface area contributed by atoms with E-state index in [2.05, 4.69) is 4.74 Å². The molecule has 0 aliphatic carbocycles. The minimum atomic E-state index is -1.14. The second kappa shape index (κ2) is 8.65. The van der Waals surface area contributed by atoms with Gasteiger partial charge in [-0.1, -0.05) is 0 Å². The predicted octanol–water partition coefficient (Wildman–Crippen LogP) is -3.95. The van der Waals surface area contributed by atoms with Gasteiger partial charge in [-0.15, -0.1) is 6.61 Å². The number of esters is 1. The second-order valence-electron chi connectivity index (χ2n) is 1.60. The van der Waals surface area contributed by atoms with Gasteiger partial charge in [0.1, 0.15) is 5.92 Å². The van der Waals surface area contributed by atoms with Crippen LogP contribution in [0.5, 0.6) is 0 Å². The molecule has 1 atom stereocenters. The number of hydrogen-bond acceptors (Lipinski definition) is 4. The van der Waals surface area contributed by atoms with Crippen molar-refractivity contribution in [1.82, 2.24) is 0 Å². The summed E-state index contributed by atoms with van der Waals surface area (Å²) < 4.78 is 4.42. The first-order chi connectivity index (χ1) is 4.76. The Morgan fingerprint density at radius 2 is 2.36 bits per heavy atom. The zero-order valence-electron chi connectivity index (χ0n) is 6.66. The zero-order valence-corrected chi connectivity index (χ0v) is 9.79. The molecular weight excluding hydrogens is 173 g/mol. The molecule has 0 heterocycles. The van der Waals surface area contributed by atoms with E-state index in [1.165, 1.54) is 0 Å². The van der Waals surface area contributed by atoms with Crippen LogP contribution in [0.2, 0.25) is 0 Å². The monoisotopic (exact) mass is 181 g/mol. The van der Waals surface area contributed by atoms with Gasteiger partial charge in [0, 0.05) is 0 Å². The van der Waals surface area contributed by atoms with Crippen LogP contribution >= 0.6 is 0 Å². The fourth-order valence-electron chi connectivity index (χ4n) is 0.401. The van der Waals surface area contributed by atoms with Gasteiger partial charge < -0.3 is 9.84 Å². The molecule has 0 saturated heterocycles. The Morgan fingerprint density at radius 1 is 1.82 bits per heavy atom. The topological polar surface area (TPSA) is 73.2 Å². The van der Waals surface area contributed by atoms with Gasteiger partial charge in [-0.05, 0) is 6.92 Å². The Balaban J connectivity index is 0. The summed E-state index contributed by atoms with van der Waals surface area (Å²) in [5.74, 6) is -1.86. The number of nitrogens with zero attached hydrogens (tertiary/aromatic N) is 1. The Hall–Kier alpha value is 0.556. The van der Waals surface area contributed by atoms with Crippen LogP contribution in [-0.4, -0.2) is 19.2 Å². The van der Waals surface area contributed by atoms with Crippen molar-refractivity contribution in [3.8, 4) is 6.07 Å². The van der Waals surface area contributed by atoms with Gasteiger partial charge in [-0.3, -0.25) is 4.79 Å². The quantitative estimate of drug-likeness (QED) is 0.329. The first-order valence-corrected chi connectivity index (χ1v) is 2.90. The summed E-state index contributed by atoms with van der Waals surface area (Å²) in [4.78, 5) is 10.6. The van der Waals surface area contributed by atoms with E-state index in [1.807, 2.05) is 0 Å². The molecule has 0 aromatic carbocycles. The molecule has 0 fully saturated rings. The molecule has 1 unspecified atom stereocenters. The third-order valence-corrected chi connectivity index (χ3v) is 0.894. The molecule has 0 radical (unpaired) electrons. The molecule has 0 spiro atoms. The molecule has 56 valence electrons. The van der Waals surface area contributed by atoms with Crippen molar-refractivity contribution in [1.29, 1.82) is 5.26 Å². The molecule has 0 bridgehead atoms. The standard InChI is InChI=1S/C6H8NO3.K/c1-2-10-6(9)5(3-7)4-8;/h5H,2,4H2,1H3;/q-1;+1. The van der Waals surface area contributed by atoms with E-state index in [-0.39, 0.29) is 58.0 Å². The van der Waals surface area contributed by atoms with Gasteiger partial charge in [-0.25, -0.2) is 0 Å². The van der Waals surface area contributed by atoms with E-state index < -0.39 is 18.5 Å². The molecule has 5 heteroatoms. The second-order valence-corrected chi connectivity index (χ2v) is 1.60. The van der Waals surface area contributed by atoms with Crippen molar-refractivity contribution in [2.24, 2.45) is 5.92 Å². The predicted molar refractivity (Wildman–Crippen MR) is 30.6 cm³/mol. The number of ether oxygens (including phenoxy) is 1. The van der Waals surface area contributed by atoms with Crippen LogP contribution in [0.1, 0.15) is 6.92 Å². The molecule has 4 nitrogen and oxygen atoms in total. The van der Waals surface area contributed by atoms with Gasteiger partial charge in [0.05, 0.1) is 12.7 Å². The van der Waals surface area contributed by atoms with E-state index in [4.69, 9.17) is 5.26 Å². The molecule has 0 rings (SSSR count). The van der Waals surface area contributed by atoms with Crippen molar-refractivity contribution in [3.63, 3.8) is 0 Å². The van der Waals surface area contributed by atoms with Crippen LogP contribution in [0.15, 0.2) is 0 Å². The summed E-state index contributed by atoms with van der Waals surface area (Å²) in [6, 6.07) is 1.55. The average Bonchev–Trinajstić information content (AvgIpc) is 1.91. The fraction of sp³-hybridized carbons (Fsp3) is 0.667. The van der Waals surface area contributed by atoms with Crippen molar-refractivity contribution >= 4 is 5.97 Å².